The Hall–Kier alpha value is -3.69. The lowest BCUT2D eigenvalue weighted by Gasteiger charge is -2.34. The Morgan fingerprint density at radius 1 is 0.683 bits per heavy atom. The zero-order valence-corrected chi connectivity index (χ0v) is 25.2. The average Bonchev–Trinajstić information content (AvgIpc) is 3.33. The summed E-state index contributed by atoms with van der Waals surface area (Å²) in [5.74, 6) is 1.13. The van der Waals surface area contributed by atoms with Gasteiger partial charge in [0.2, 0.25) is 6.71 Å². The highest BCUT2D eigenvalue weighted by atomic mass is 32.2. The van der Waals surface area contributed by atoms with Crippen molar-refractivity contribution in [2.75, 3.05) is 0 Å². The van der Waals surface area contributed by atoms with Crippen molar-refractivity contribution in [3.8, 4) is 5.69 Å². The number of fused-ring (bicyclic) bond motifs is 9. The molecule has 0 fully saturated rings. The van der Waals surface area contributed by atoms with Crippen LogP contribution in [0.15, 0.2) is 107 Å². The van der Waals surface area contributed by atoms with Gasteiger partial charge < -0.3 is 4.57 Å². The Balaban J connectivity index is 1.60. The highest BCUT2D eigenvalue weighted by Crippen LogP contribution is 2.41. The van der Waals surface area contributed by atoms with Crippen molar-refractivity contribution in [3.05, 3.63) is 119 Å². The average molecular weight is 548 g/mol. The first-order valence-corrected chi connectivity index (χ1v) is 15.8. The van der Waals surface area contributed by atoms with Gasteiger partial charge in [-0.3, -0.25) is 0 Å². The summed E-state index contributed by atoms with van der Waals surface area (Å²) in [6.07, 6.45) is 0. The molecule has 200 valence electrons. The highest BCUT2D eigenvalue weighted by Gasteiger charge is 2.37. The minimum atomic E-state index is 0.195. The minimum absolute atomic E-state index is 0.195. The van der Waals surface area contributed by atoms with Gasteiger partial charge in [0.05, 0.1) is 11.0 Å². The highest BCUT2D eigenvalue weighted by molar-refractivity contribution is 8.00. The molecule has 5 aromatic carbocycles. The van der Waals surface area contributed by atoms with E-state index in [-0.39, 0.29) is 12.6 Å². The molecule has 0 spiro atoms. The zero-order valence-electron chi connectivity index (χ0n) is 24.4. The Morgan fingerprint density at radius 3 is 2.27 bits per heavy atom. The van der Waals surface area contributed by atoms with Crippen LogP contribution in [0.4, 0.5) is 0 Å². The van der Waals surface area contributed by atoms with Crippen molar-refractivity contribution in [1.29, 1.82) is 0 Å². The molecule has 3 heteroatoms. The van der Waals surface area contributed by atoms with E-state index in [0.717, 1.165) is 0 Å². The molecule has 0 saturated heterocycles. The molecule has 0 aliphatic carbocycles. The largest absolute Gasteiger partial charge is 0.309 e. The fourth-order valence-corrected chi connectivity index (χ4v) is 8.58. The predicted octanol–water partition coefficient (Wildman–Crippen LogP) is 8.48. The summed E-state index contributed by atoms with van der Waals surface area (Å²) in [6.45, 7) is 12.1. The molecule has 41 heavy (non-hydrogen) atoms. The van der Waals surface area contributed by atoms with E-state index in [0.29, 0.717) is 11.8 Å². The number of benzene rings is 5. The maximum atomic E-state index is 2.55. The van der Waals surface area contributed by atoms with Crippen molar-refractivity contribution in [2.45, 2.75) is 62.2 Å². The second-order valence-electron chi connectivity index (χ2n) is 12.5. The van der Waals surface area contributed by atoms with E-state index in [1.165, 1.54) is 75.9 Å². The monoisotopic (exact) mass is 547 g/mol. The molecule has 0 saturated carbocycles. The molecule has 2 aliphatic rings. The van der Waals surface area contributed by atoms with Crippen LogP contribution in [-0.4, -0.2) is 11.3 Å². The fraction of sp³-hybridized carbons (Fsp3) is 0.211. The molecule has 6 aromatic rings. The Bertz CT molecular complexity index is 2010. The minimum Gasteiger partial charge on any atom is -0.309 e. The van der Waals surface area contributed by atoms with Crippen LogP contribution in [0.25, 0.3) is 27.5 Å². The lowest BCUT2D eigenvalue weighted by molar-refractivity contribution is 0.823. The quantitative estimate of drug-likeness (QED) is 0.197. The summed E-state index contributed by atoms with van der Waals surface area (Å²) >= 11 is 1.93. The van der Waals surface area contributed by atoms with Crippen molar-refractivity contribution >= 4 is 56.7 Å². The van der Waals surface area contributed by atoms with E-state index in [2.05, 4.69) is 136 Å². The maximum Gasteiger partial charge on any atom is 0.244 e. The van der Waals surface area contributed by atoms with Crippen LogP contribution in [-0.2, 0) is 0 Å². The van der Waals surface area contributed by atoms with Crippen LogP contribution < -0.4 is 16.4 Å². The Labute approximate surface area is 247 Å². The molecule has 1 nitrogen and oxygen atoms in total. The van der Waals surface area contributed by atoms with Crippen LogP contribution in [0.5, 0.6) is 0 Å². The molecule has 2 aliphatic heterocycles. The van der Waals surface area contributed by atoms with Crippen LogP contribution in [0.3, 0.4) is 0 Å². The van der Waals surface area contributed by atoms with E-state index in [4.69, 9.17) is 0 Å². The van der Waals surface area contributed by atoms with Gasteiger partial charge in [-0.15, -0.1) is 0 Å². The van der Waals surface area contributed by atoms with Crippen molar-refractivity contribution in [2.24, 2.45) is 0 Å². The smallest absolute Gasteiger partial charge is 0.244 e. The fourth-order valence-electron chi connectivity index (χ4n) is 7.46. The first-order chi connectivity index (χ1) is 19.9. The van der Waals surface area contributed by atoms with Crippen LogP contribution in [0, 0.1) is 0 Å². The van der Waals surface area contributed by atoms with Crippen LogP contribution in [0.1, 0.15) is 74.6 Å². The van der Waals surface area contributed by atoms with E-state index in [1.807, 2.05) is 11.8 Å². The van der Waals surface area contributed by atoms with E-state index < -0.39 is 0 Å². The van der Waals surface area contributed by atoms with Crippen molar-refractivity contribution in [1.82, 2.24) is 4.57 Å². The van der Waals surface area contributed by atoms with Gasteiger partial charge in [-0.05, 0) is 64.4 Å². The third kappa shape index (κ3) is 3.58. The van der Waals surface area contributed by atoms with Gasteiger partial charge in [0.15, 0.2) is 0 Å². The van der Waals surface area contributed by atoms with Gasteiger partial charge in [-0.1, -0.05) is 129 Å². The summed E-state index contributed by atoms with van der Waals surface area (Å²) in [5, 5.41) is 2.66. The van der Waals surface area contributed by atoms with Gasteiger partial charge in [0.1, 0.15) is 0 Å². The number of nitrogens with zero attached hydrogens (tertiary/aromatic N) is 1. The van der Waals surface area contributed by atoms with E-state index in [1.54, 1.807) is 0 Å². The third-order valence-electron chi connectivity index (χ3n) is 9.52. The number of hydrogen-bond acceptors (Lipinski definition) is 1. The molecule has 2 bridgehead atoms. The Morgan fingerprint density at radius 2 is 1.44 bits per heavy atom. The van der Waals surface area contributed by atoms with Gasteiger partial charge in [-0.2, -0.15) is 0 Å². The second kappa shape index (κ2) is 9.16. The topological polar surface area (TPSA) is 4.93 Å². The van der Waals surface area contributed by atoms with Crippen molar-refractivity contribution in [3.63, 3.8) is 0 Å². The molecule has 0 amide bonds. The van der Waals surface area contributed by atoms with E-state index in [9.17, 15) is 0 Å². The first kappa shape index (κ1) is 25.1. The maximum absolute atomic E-state index is 2.55. The lowest BCUT2D eigenvalue weighted by Crippen LogP contribution is -2.57. The summed E-state index contributed by atoms with van der Waals surface area (Å²) in [6, 6.07) is 37.3. The first-order valence-electron chi connectivity index (χ1n) is 15.0. The lowest BCUT2D eigenvalue weighted by atomic mass is 9.34. The van der Waals surface area contributed by atoms with Gasteiger partial charge >= 0.3 is 0 Å². The Kier molecular flexibility index (Phi) is 5.60. The normalized spacial score (nSPS) is 15.5. The number of aromatic nitrogens is 1. The third-order valence-corrected chi connectivity index (χ3v) is 10.7. The van der Waals surface area contributed by atoms with Crippen molar-refractivity contribution < 1.29 is 0 Å². The van der Waals surface area contributed by atoms with Crippen LogP contribution in [0.2, 0.25) is 0 Å². The van der Waals surface area contributed by atoms with Gasteiger partial charge in [0.25, 0.3) is 0 Å². The van der Waals surface area contributed by atoms with Gasteiger partial charge in [0, 0.05) is 32.2 Å². The molecule has 8 rings (SSSR count). The summed E-state index contributed by atoms with van der Waals surface area (Å²) < 4.78 is 2.54. The predicted molar refractivity (Wildman–Crippen MR) is 178 cm³/mol. The SMILES string of the molecule is CC(C)c1cc(C(C)C)c2c(c1)C(C)c1cccc3c4ccccc4n(c13)-c1ccc3c(c1)B2c1ccccc1S3. The molecule has 1 atom stereocenters. The summed E-state index contributed by atoms with van der Waals surface area (Å²) in [5.41, 5.74) is 14.1. The second-order valence-corrected chi connectivity index (χ2v) is 13.6. The molecule has 1 unspecified atom stereocenters. The number of hydrogen-bond donors (Lipinski definition) is 0. The molecule has 0 N–H and O–H groups in total. The standard InChI is InChI=1S/C38H34BNS/c1-22(2)25-19-30(23(3)4)37-31(20-25)24(5)27-12-10-13-29-28-11-6-8-15-34(28)40(38(27)29)26-17-18-36-33(21-26)39(37)32-14-7-9-16-35(32)41-36/h6-24H,1-5H3. The molecule has 1 aromatic heterocycles. The van der Waals surface area contributed by atoms with E-state index >= 15 is 0 Å². The zero-order chi connectivity index (χ0) is 28.0. The summed E-state index contributed by atoms with van der Waals surface area (Å²) in [7, 11) is 0. The molecule has 3 heterocycles. The number of para-hydroxylation sites is 2. The van der Waals surface area contributed by atoms with Gasteiger partial charge in [-0.25, -0.2) is 0 Å². The number of rotatable bonds is 2. The molecule has 0 radical (unpaired) electrons. The summed E-state index contributed by atoms with van der Waals surface area (Å²) in [4.78, 5) is 2.76. The van der Waals surface area contributed by atoms with Crippen LogP contribution >= 0.6 is 11.8 Å². The molecular weight excluding hydrogens is 513 g/mol. The molecular formula is C38H34BNS.